The second kappa shape index (κ2) is 12.9. The Balaban J connectivity index is 1.30. The summed E-state index contributed by atoms with van der Waals surface area (Å²) < 4.78 is 45.0. The molecule has 0 spiro atoms. The highest BCUT2D eigenvalue weighted by Gasteiger charge is 2.31. The molecule has 0 unspecified atom stereocenters. The average Bonchev–Trinajstić information content (AvgIpc) is 3.39. The first-order chi connectivity index (χ1) is 20.5. The zero-order valence-corrected chi connectivity index (χ0v) is 25.2. The first-order valence-corrected chi connectivity index (χ1v) is 15.3. The van der Waals surface area contributed by atoms with Crippen molar-refractivity contribution in [3.8, 4) is 16.3 Å². The van der Waals surface area contributed by atoms with Crippen LogP contribution in [0.25, 0.3) is 10.6 Å². The number of thiazole rings is 1. The van der Waals surface area contributed by atoms with Gasteiger partial charge in [0.05, 0.1) is 17.5 Å². The number of aromatic nitrogens is 3. The van der Waals surface area contributed by atoms with Gasteiger partial charge in [-0.15, -0.1) is 23.1 Å². The van der Waals surface area contributed by atoms with E-state index < -0.39 is 23.3 Å². The maximum absolute atomic E-state index is 13.1. The van der Waals surface area contributed by atoms with Gasteiger partial charge in [-0.25, -0.2) is 14.8 Å². The van der Waals surface area contributed by atoms with Gasteiger partial charge < -0.3 is 14.7 Å². The molecule has 2 aromatic heterocycles. The van der Waals surface area contributed by atoms with Crippen molar-refractivity contribution in [2.45, 2.75) is 42.8 Å². The zero-order valence-electron chi connectivity index (χ0n) is 23.5. The van der Waals surface area contributed by atoms with Crippen LogP contribution in [-0.4, -0.2) is 62.7 Å². The first kappa shape index (κ1) is 30.8. The van der Waals surface area contributed by atoms with Crippen LogP contribution >= 0.6 is 23.1 Å². The first-order valence-electron chi connectivity index (χ1n) is 13.5. The van der Waals surface area contributed by atoms with Gasteiger partial charge in [0.2, 0.25) is 0 Å². The molecule has 1 aliphatic rings. The van der Waals surface area contributed by atoms with Crippen LogP contribution in [-0.2, 0) is 23.3 Å². The molecule has 0 atom stereocenters. The van der Waals surface area contributed by atoms with Crippen LogP contribution in [0.2, 0.25) is 0 Å². The maximum Gasteiger partial charge on any atom is 0.416 e. The number of ether oxygens (including phenoxy) is 1. The van der Waals surface area contributed by atoms with Crippen LogP contribution in [0.4, 0.5) is 19.0 Å². The smallest absolute Gasteiger partial charge is 0.416 e. The molecule has 1 saturated heterocycles. The molecule has 8 nitrogen and oxygen atoms in total. The van der Waals surface area contributed by atoms with Crippen LogP contribution in [0, 0.1) is 0 Å². The Labute approximate surface area is 255 Å². The summed E-state index contributed by atoms with van der Waals surface area (Å²) in [5, 5.41) is 9.99. The number of thioether (sulfide) groups is 1. The Hall–Kier alpha value is -3.68. The van der Waals surface area contributed by atoms with E-state index in [4.69, 9.17) is 9.72 Å². The van der Waals surface area contributed by atoms with Gasteiger partial charge in [0.15, 0.2) is 5.60 Å². The normalized spacial score (nSPS) is 14.6. The lowest BCUT2D eigenvalue weighted by Crippen LogP contribution is -2.46. The monoisotopic (exact) mass is 629 g/mol. The minimum absolute atomic E-state index is 0.459. The molecule has 0 amide bonds. The fourth-order valence-electron chi connectivity index (χ4n) is 4.44. The number of halogens is 3. The van der Waals surface area contributed by atoms with E-state index in [1.54, 1.807) is 42.5 Å². The van der Waals surface area contributed by atoms with E-state index in [-0.39, 0.29) is 0 Å². The number of hydrogen-bond donors (Lipinski definition) is 1. The number of hydrogen-bond acceptors (Lipinski definition) is 9. The van der Waals surface area contributed by atoms with Crippen molar-refractivity contribution in [2.24, 2.45) is 0 Å². The van der Waals surface area contributed by atoms with Crippen molar-refractivity contribution in [3.63, 3.8) is 0 Å². The summed E-state index contributed by atoms with van der Waals surface area (Å²) in [5.74, 6) is 0.872. The van der Waals surface area contributed by atoms with Crippen LogP contribution in [0.3, 0.4) is 0 Å². The molecule has 0 aliphatic carbocycles. The number of piperazine rings is 1. The Morgan fingerprint density at radius 2 is 1.72 bits per heavy atom. The number of aliphatic carboxylic acids is 1. The van der Waals surface area contributed by atoms with E-state index in [0.29, 0.717) is 28.6 Å². The van der Waals surface area contributed by atoms with E-state index in [2.05, 4.69) is 19.8 Å². The molecule has 0 saturated carbocycles. The zero-order chi connectivity index (χ0) is 30.6. The molecule has 0 radical (unpaired) electrons. The molecular formula is C30H30F3N5O3S2. The number of nitrogens with zero attached hydrogens (tertiary/aromatic N) is 5. The standard InChI is InChI=1S/C30H30F3N5O3S2/c1-29(2,28(39)40)41-22-7-9-23(10-8-22)42-19-25-24(18-37-13-15-38(16-14-37)26-17-34-11-12-35-26)36-27(43-25)20-3-5-21(6-4-20)30(31,32)33/h3-12,17H,13-16,18-19H2,1-2H3,(H,39,40). The number of anilines is 1. The summed E-state index contributed by atoms with van der Waals surface area (Å²) in [4.78, 5) is 31.4. The minimum atomic E-state index is -4.40. The lowest BCUT2D eigenvalue weighted by Gasteiger charge is -2.35. The third-order valence-corrected chi connectivity index (χ3v) is 9.31. The molecule has 0 bridgehead atoms. The molecule has 5 rings (SSSR count). The highest BCUT2D eigenvalue weighted by molar-refractivity contribution is 7.98. The van der Waals surface area contributed by atoms with Crippen molar-refractivity contribution >= 4 is 34.9 Å². The van der Waals surface area contributed by atoms with Crippen molar-refractivity contribution in [3.05, 3.63) is 83.3 Å². The van der Waals surface area contributed by atoms with E-state index in [9.17, 15) is 23.1 Å². The Morgan fingerprint density at radius 1 is 1.02 bits per heavy atom. The predicted octanol–water partition coefficient (Wildman–Crippen LogP) is 6.48. The molecule has 1 aliphatic heterocycles. The van der Waals surface area contributed by atoms with Gasteiger partial charge in [-0.1, -0.05) is 12.1 Å². The van der Waals surface area contributed by atoms with Crippen LogP contribution in [0.15, 0.2) is 72.0 Å². The number of benzene rings is 2. The van der Waals surface area contributed by atoms with Crippen LogP contribution in [0.1, 0.15) is 30.0 Å². The van der Waals surface area contributed by atoms with Gasteiger partial charge in [-0.3, -0.25) is 9.88 Å². The van der Waals surface area contributed by atoms with Gasteiger partial charge in [0, 0.05) is 66.2 Å². The molecule has 3 heterocycles. The lowest BCUT2D eigenvalue weighted by atomic mass is 10.1. The summed E-state index contributed by atoms with van der Waals surface area (Å²) in [7, 11) is 0. The summed E-state index contributed by atoms with van der Waals surface area (Å²) >= 11 is 3.09. The van der Waals surface area contributed by atoms with Gasteiger partial charge in [0.1, 0.15) is 16.6 Å². The molecular weight excluding hydrogens is 599 g/mol. The molecule has 2 aromatic carbocycles. The average molecular weight is 630 g/mol. The summed E-state index contributed by atoms with van der Waals surface area (Å²) in [6.45, 7) is 6.82. The Kier molecular flexibility index (Phi) is 9.23. The SMILES string of the molecule is CC(C)(Oc1ccc(SCc2sc(-c3ccc(C(F)(F)F)cc3)nc2CN2CCN(c3cnccn3)CC2)cc1)C(=O)O. The molecule has 1 N–H and O–H groups in total. The molecule has 1 fully saturated rings. The number of carboxylic acids is 1. The molecule has 226 valence electrons. The van der Waals surface area contributed by atoms with E-state index in [0.717, 1.165) is 59.6 Å². The number of carbonyl (C=O) groups is 1. The van der Waals surface area contributed by atoms with Gasteiger partial charge >= 0.3 is 12.1 Å². The second-order valence-corrected chi connectivity index (χ2v) is 12.6. The van der Waals surface area contributed by atoms with Gasteiger partial charge in [-0.05, 0) is 50.2 Å². The van der Waals surface area contributed by atoms with E-state index >= 15 is 0 Å². The van der Waals surface area contributed by atoms with E-state index in [1.807, 2.05) is 12.1 Å². The molecule has 13 heteroatoms. The van der Waals surface area contributed by atoms with Crippen molar-refractivity contribution in [1.82, 2.24) is 19.9 Å². The second-order valence-electron chi connectivity index (χ2n) is 10.5. The van der Waals surface area contributed by atoms with Gasteiger partial charge in [0.25, 0.3) is 0 Å². The molecule has 43 heavy (non-hydrogen) atoms. The quantitative estimate of drug-likeness (QED) is 0.198. The van der Waals surface area contributed by atoms with Crippen molar-refractivity contribution < 1.29 is 27.8 Å². The van der Waals surface area contributed by atoms with Crippen LogP contribution < -0.4 is 9.64 Å². The number of alkyl halides is 3. The summed E-state index contributed by atoms with van der Waals surface area (Å²) in [6.07, 6.45) is 0.693. The minimum Gasteiger partial charge on any atom is -0.478 e. The Bertz CT molecular complexity index is 1520. The van der Waals surface area contributed by atoms with E-state index in [1.165, 1.54) is 37.3 Å². The number of carboxylic acid groups (broad SMARTS) is 1. The Morgan fingerprint density at radius 3 is 2.33 bits per heavy atom. The summed E-state index contributed by atoms with van der Waals surface area (Å²) in [5.41, 5.74) is -0.487. The highest BCUT2D eigenvalue weighted by Crippen LogP contribution is 2.36. The molecule has 4 aromatic rings. The van der Waals surface area contributed by atoms with Crippen molar-refractivity contribution in [1.29, 1.82) is 0 Å². The fraction of sp³-hybridized carbons (Fsp3) is 0.333. The van der Waals surface area contributed by atoms with Crippen molar-refractivity contribution in [2.75, 3.05) is 31.1 Å². The summed E-state index contributed by atoms with van der Waals surface area (Å²) in [6, 6.07) is 12.4. The number of rotatable bonds is 10. The maximum atomic E-state index is 13.1. The van der Waals surface area contributed by atoms with Crippen LogP contribution in [0.5, 0.6) is 5.75 Å². The van der Waals surface area contributed by atoms with Gasteiger partial charge in [-0.2, -0.15) is 13.2 Å². The predicted molar refractivity (Wildman–Crippen MR) is 160 cm³/mol. The third-order valence-electron chi connectivity index (χ3n) is 6.94. The highest BCUT2D eigenvalue weighted by atomic mass is 32.2. The topological polar surface area (TPSA) is 91.7 Å². The largest absolute Gasteiger partial charge is 0.478 e. The fourth-order valence-corrected chi connectivity index (χ4v) is 6.51. The lowest BCUT2D eigenvalue weighted by molar-refractivity contribution is -0.152. The third kappa shape index (κ3) is 7.84.